The fraction of sp³-hybridized carbons (Fsp3) is 0.889. The summed E-state index contributed by atoms with van der Waals surface area (Å²) in [6, 6.07) is 1.64. The SMILES string of the molecule is O=C([O-])C(F)(F)F.[NH-]C1CC2CCC(C1)N2. The van der Waals surface area contributed by atoms with Crippen LogP contribution < -0.4 is 10.4 Å². The van der Waals surface area contributed by atoms with Gasteiger partial charge in [-0.15, -0.1) is 6.04 Å². The summed E-state index contributed by atoms with van der Waals surface area (Å²) < 4.78 is 31.5. The zero-order valence-electron chi connectivity index (χ0n) is 8.51. The Labute approximate surface area is 91.0 Å². The number of nitrogens with one attached hydrogen (secondary N) is 2. The van der Waals surface area contributed by atoms with Crippen LogP contribution in [0.3, 0.4) is 0 Å². The first-order valence-electron chi connectivity index (χ1n) is 5.04. The first-order valence-corrected chi connectivity index (χ1v) is 5.04. The van der Waals surface area contributed by atoms with Gasteiger partial charge in [0.2, 0.25) is 0 Å². The van der Waals surface area contributed by atoms with E-state index in [0.29, 0.717) is 12.1 Å². The zero-order valence-corrected chi connectivity index (χ0v) is 8.51. The molecule has 2 unspecified atom stereocenters. The lowest BCUT2D eigenvalue weighted by molar-refractivity contribution is -0.344. The van der Waals surface area contributed by atoms with Gasteiger partial charge in [-0.25, -0.2) is 0 Å². The summed E-state index contributed by atoms with van der Waals surface area (Å²) in [5.74, 6) is -3.01. The maximum absolute atomic E-state index is 10.5. The van der Waals surface area contributed by atoms with Crippen molar-refractivity contribution in [3.8, 4) is 0 Å². The van der Waals surface area contributed by atoms with Crippen molar-refractivity contribution in [1.82, 2.24) is 5.32 Å². The van der Waals surface area contributed by atoms with Crippen LogP contribution in [0.15, 0.2) is 0 Å². The fourth-order valence-corrected chi connectivity index (χ4v) is 2.06. The van der Waals surface area contributed by atoms with Crippen LogP contribution in [0.2, 0.25) is 0 Å². The standard InChI is InChI=1S/C7H13N2.C2HF3O2/c8-5-3-6-1-2-7(4-5)9-6;3-2(4,5)1(6)7/h5-9H,1-4H2;(H,6,7)/q-1;/p-1. The molecule has 2 saturated heterocycles. The van der Waals surface area contributed by atoms with E-state index in [0.717, 1.165) is 12.8 Å². The quantitative estimate of drug-likeness (QED) is 0.672. The molecular weight excluding hydrogens is 225 g/mol. The van der Waals surface area contributed by atoms with Gasteiger partial charge < -0.3 is 21.0 Å². The minimum Gasteiger partial charge on any atom is -0.675 e. The van der Waals surface area contributed by atoms with Crippen molar-refractivity contribution in [3.05, 3.63) is 5.73 Å². The molecule has 2 atom stereocenters. The van der Waals surface area contributed by atoms with Gasteiger partial charge in [0.1, 0.15) is 5.97 Å². The predicted octanol–water partition coefficient (Wildman–Crippen LogP) is 0.620. The van der Waals surface area contributed by atoms with Crippen LogP contribution in [-0.2, 0) is 4.79 Å². The first kappa shape index (κ1) is 13.2. The van der Waals surface area contributed by atoms with Gasteiger partial charge in [-0.05, 0) is 12.8 Å². The minimum absolute atomic E-state index is 0.240. The molecule has 16 heavy (non-hydrogen) atoms. The molecule has 2 heterocycles. The molecule has 0 radical (unpaired) electrons. The Morgan fingerprint density at radius 3 is 1.94 bits per heavy atom. The molecular formula is C9H13F3N2O2-2. The Bertz CT molecular complexity index is 246. The summed E-state index contributed by atoms with van der Waals surface area (Å²) in [5, 5.41) is 12.3. The fourth-order valence-electron chi connectivity index (χ4n) is 2.06. The number of carbonyl (C=O) groups is 1. The van der Waals surface area contributed by atoms with E-state index < -0.39 is 12.1 Å². The Hall–Kier alpha value is -0.820. The molecule has 0 amide bonds. The molecule has 2 aliphatic heterocycles. The molecule has 0 saturated carbocycles. The van der Waals surface area contributed by atoms with Crippen molar-refractivity contribution in [3.63, 3.8) is 0 Å². The molecule has 0 aromatic carbocycles. The number of carboxylic acid groups (broad SMARTS) is 1. The second-order valence-electron chi connectivity index (χ2n) is 4.09. The number of hydrogen-bond acceptors (Lipinski definition) is 3. The Kier molecular flexibility index (Phi) is 4.15. The third-order valence-electron chi connectivity index (χ3n) is 2.70. The molecule has 0 aromatic heterocycles. The molecule has 2 fully saturated rings. The lowest BCUT2D eigenvalue weighted by Gasteiger charge is -2.31. The third kappa shape index (κ3) is 3.97. The van der Waals surface area contributed by atoms with Crippen LogP contribution in [0.4, 0.5) is 13.2 Å². The maximum Gasteiger partial charge on any atom is 0.430 e. The molecule has 94 valence electrons. The van der Waals surface area contributed by atoms with Gasteiger partial charge in [0.15, 0.2) is 0 Å². The number of halogens is 3. The summed E-state index contributed by atoms with van der Waals surface area (Å²) in [5.41, 5.74) is 7.53. The van der Waals surface area contributed by atoms with Gasteiger partial charge in [0.25, 0.3) is 0 Å². The van der Waals surface area contributed by atoms with Crippen molar-refractivity contribution < 1.29 is 23.1 Å². The van der Waals surface area contributed by atoms with Crippen molar-refractivity contribution in [2.45, 2.75) is 50.0 Å². The monoisotopic (exact) mass is 238 g/mol. The van der Waals surface area contributed by atoms with E-state index in [1.54, 1.807) is 0 Å². The maximum atomic E-state index is 10.5. The number of hydrogen-bond donors (Lipinski definition) is 1. The highest BCUT2D eigenvalue weighted by Gasteiger charge is 2.29. The molecule has 4 nitrogen and oxygen atoms in total. The van der Waals surface area contributed by atoms with Crippen LogP contribution in [-0.4, -0.2) is 30.3 Å². The van der Waals surface area contributed by atoms with Gasteiger partial charge in [-0.1, -0.05) is 12.8 Å². The average molecular weight is 238 g/mol. The normalized spacial score (nSPS) is 32.9. The van der Waals surface area contributed by atoms with E-state index in [4.69, 9.17) is 15.6 Å². The number of carboxylic acids is 1. The summed E-state index contributed by atoms with van der Waals surface area (Å²) in [6.07, 6.45) is -0.368. The number of piperidine rings is 1. The van der Waals surface area contributed by atoms with E-state index in [2.05, 4.69) is 5.32 Å². The van der Waals surface area contributed by atoms with Crippen LogP contribution in [0.1, 0.15) is 25.7 Å². The van der Waals surface area contributed by atoms with Gasteiger partial charge in [0.05, 0.1) is 0 Å². The molecule has 2 bridgehead atoms. The Morgan fingerprint density at radius 1 is 1.25 bits per heavy atom. The van der Waals surface area contributed by atoms with Crippen LogP contribution in [0.5, 0.6) is 0 Å². The topological polar surface area (TPSA) is 76.0 Å². The van der Waals surface area contributed by atoms with Gasteiger partial charge in [-0.3, -0.25) is 0 Å². The van der Waals surface area contributed by atoms with Crippen molar-refractivity contribution in [2.75, 3.05) is 0 Å². The van der Waals surface area contributed by atoms with Gasteiger partial charge in [-0.2, -0.15) is 13.2 Å². The number of fused-ring (bicyclic) bond motifs is 2. The van der Waals surface area contributed by atoms with Crippen LogP contribution in [0, 0.1) is 0 Å². The smallest absolute Gasteiger partial charge is 0.430 e. The Balaban J connectivity index is 0.000000168. The van der Waals surface area contributed by atoms with E-state index in [1.807, 2.05) is 0 Å². The van der Waals surface area contributed by atoms with E-state index in [1.165, 1.54) is 12.8 Å². The second-order valence-corrected chi connectivity index (χ2v) is 4.09. The van der Waals surface area contributed by atoms with Crippen molar-refractivity contribution >= 4 is 5.97 Å². The molecule has 0 spiro atoms. The molecule has 2 aliphatic rings. The minimum atomic E-state index is -5.19. The highest BCUT2D eigenvalue weighted by atomic mass is 19.4. The second kappa shape index (κ2) is 5.01. The highest BCUT2D eigenvalue weighted by molar-refractivity contribution is 5.70. The van der Waals surface area contributed by atoms with E-state index in [9.17, 15) is 13.2 Å². The summed E-state index contributed by atoms with van der Waals surface area (Å²) in [4.78, 5) is 8.78. The number of rotatable bonds is 0. The van der Waals surface area contributed by atoms with Crippen LogP contribution in [0.25, 0.3) is 5.73 Å². The molecule has 2 N–H and O–H groups in total. The number of alkyl halides is 3. The highest BCUT2D eigenvalue weighted by Crippen LogP contribution is 2.27. The summed E-state index contributed by atoms with van der Waals surface area (Å²) in [7, 11) is 0. The average Bonchev–Trinajstić information content (AvgIpc) is 2.45. The van der Waals surface area contributed by atoms with Crippen LogP contribution >= 0.6 is 0 Å². The number of carbonyl (C=O) groups excluding carboxylic acids is 1. The van der Waals surface area contributed by atoms with E-state index in [-0.39, 0.29) is 6.04 Å². The van der Waals surface area contributed by atoms with Crippen molar-refractivity contribution in [1.29, 1.82) is 0 Å². The lowest BCUT2D eigenvalue weighted by Crippen LogP contribution is -2.38. The predicted molar refractivity (Wildman–Crippen MR) is 48.4 cm³/mol. The number of aliphatic carboxylic acids is 1. The molecule has 7 heteroatoms. The van der Waals surface area contributed by atoms with Gasteiger partial charge in [0, 0.05) is 12.1 Å². The molecule has 2 rings (SSSR count). The Morgan fingerprint density at radius 2 is 1.62 bits per heavy atom. The summed E-state index contributed by atoms with van der Waals surface area (Å²) in [6.45, 7) is 0. The van der Waals surface area contributed by atoms with Crippen molar-refractivity contribution in [2.24, 2.45) is 0 Å². The zero-order chi connectivity index (χ0) is 12.3. The van der Waals surface area contributed by atoms with E-state index >= 15 is 0 Å². The summed E-state index contributed by atoms with van der Waals surface area (Å²) >= 11 is 0. The largest absolute Gasteiger partial charge is 0.675 e. The first-order chi connectivity index (χ1) is 7.29. The molecule has 0 aliphatic carbocycles. The third-order valence-corrected chi connectivity index (χ3v) is 2.70. The van der Waals surface area contributed by atoms with Gasteiger partial charge >= 0.3 is 6.18 Å². The lowest BCUT2D eigenvalue weighted by atomic mass is 10.0. The molecule has 0 aromatic rings.